The van der Waals surface area contributed by atoms with Gasteiger partial charge in [0.1, 0.15) is 24.0 Å². The number of carbonyl (C=O) groups excluding carboxylic acids is 1. The molecule has 0 atom stereocenters. The lowest BCUT2D eigenvalue weighted by molar-refractivity contribution is -0.139. The summed E-state index contributed by atoms with van der Waals surface area (Å²) < 4.78 is 43.7. The first kappa shape index (κ1) is 17.6. The van der Waals surface area contributed by atoms with E-state index in [0.717, 1.165) is 22.9 Å². The Hall–Kier alpha value is -2.73. The molecule has 126 valence electrons. The molecule has 0 spiro atoms. The van der Waals surface area contributed by atoms with Crippen LogP contribution in [-0.4, -0.2) is 29.4 Å². The Labute approximate surface area is 139 Å². The molecule has 0 unspecified atom stereocenters. The molecule has 2 aromatic rings. The van der Waals surface area contributed by atoms with E-state index in [-0.39, 0.29) is 28.6 Å². The predicted molar refractivity (Wildman–Crippen MR) is 78.8 cm³/mol. The van der Waals surface area contributed by atoms with Crippen LogP contribution in [0.4, 0.5) is 19.0 Å². The molecule has 6 nitrogen and oxygen atoms in total. The number of nitriles is 1. The summed E-state index contributed by atoms with van der Waals surface area (Å²) >= 11 is 5.92. The summed E-state index contributed by atoms with van der Waals surface area (Å²) in [5, 5.41) is 15.5. The van der Waals surface area contributed by atoms with Gasteiger partial charge in [-0.2, -0.15) is 23.5 Å². The summed E-state index contributed by atoms with van der Waals surface area (Å²) in [6.45, 7) is -0.255. The van der Waals surface area contributed by atoms with Crippen LogP contribution in [0.1, 0.15) is 11.1 Å². The summed E-state index contributed by atoms with van der Waals surface area (Å²) in [7, 11) is 1.19. The van der Waals surface area contributed by atoms with Crippen LogP contribution >= 0.6 is 11.6 Å². The SMILES string of the molecule is COC(=O)CNc1c(C#N)cnn1-c1ccc(C(F)(F)F)cc1Cl. The number of methoxy groups -OCH3 is 1. The molecule has 0 saturated heterocycles. The Kier molecular flexibility index (Phi) is 4.99. The average molecular weight is 359 g/mol. The van der Waals surface area contributed by atoms with Crippen molar-refractivity contribution in [3.63, 3.8) is 0 Å². The average Bonchev–Trinajstić information content (AvgIpc) is 2.94. The van der Waals surface area contributed by atoms with Crippen LogP contribution in [0.3, 0.4) is 0 Å². The van der Waals surface area contributed by atoms with Gasteiger partial charge in [-0.1, -0.05) is 11.6 Å². The smallest absolute Gasteiger partial charge is 0.416 e. The van der Waals surface area contributed by atoms with Gasteiger partial charge >= 0.3 is 12.1 Å². The number of halogens is 4. The van der Waals surface area contributed by atoms with E-state index >= 15 is 0 Å². The first-order chi connectivity index (χ1) is 11.3. The number of alkyl halides is 3. The predicted octanol–water partition coefficient (Wildman–Crippen LogP) is 3.00. The van der Waals surface area contributed by atoms with Crippen molar-refractivity contribution in [2.75, 3.05) is 19.0 Å². The maximum Gasteiger partial charge on any atom is 0.416 e. The van der Waals surface area contributed by atoms with Crippen molar-refractivity contribution in [1.29, 1.82) is 5.26 Å². The number of esters is 1. The summed E-state index contributed by atoms with van der Waals surface area (Å²) in [6, 6.07) is 4.59. The first-order valence-electron chi connectivity index (χ1n) is 6.44. The number of ether oxygens (including phenoxy) is 1. The number of aromatic nitrogens is 2. The van der Waals surface area contributed by atoms with Crippen LogP contribution in [0.2, 0.25) is 5.02 Å². The van der Waals surface area contributed by atoms with Gasteiger partial charge in [-0.05, 0) is 18.2 Å². The third-order valence-corrected chi connectivity index (χ3v) is 3.32. The highest BCUT2D eigenvalue weighted by atomic mass is 35.5. The maximum absolute atomic E-state index is 12.7. The van der Waals surface area contributed by atoms with E-state index in [2.05, 4.69) is 15.2 Å². The monoisotopic (exact) mass is 358 g/mol. The molecule has 2 rings (SSSR count). The lowest BCUT2D eigenvalue weighted by Crippen LogP contribution is -2.18. The van der Waals surface area contributed by atoms with E-state index in [0.29, 0.717) is 0 Å². The van der Waals surface area contributed by atoms with Crippen molar-refractivity contribution in [1.82, 2.24) is 9.78 Å². The third-order valence-electron chi connectivity index (χ3n) is 3.02. The number of benzene rings is 1. The Morgan fingerprint density at radius 1 is 1.50 bits per heavy atom. The van der Waals surface area contributed by atoms with E-state index in [1.54, 1.807) is 0 Å². The van der Waals surface area contributed by atoms with Gasteiger partial charge in [-0.15, -0.1) is 0 Å². The Balaban J connectivity index is 2.44. The molecule has 24 heavy (non-hydrogen) atoms. The Morgan fingerprint density at radius 3 is 2.75 bits per heavy atom. The van der Waals surface area contributed by atoms with Crippen LogP contribution < -0.4 is 5.32 Å². The van der Waals surface area contributed by atoms with Crippen LogP contribution in [0.15, 0.2) is 24.4 Å². The van der Waals surface area contributed by atoms with Crippen molar-refractivity contribution >= 4 is 23.4 Å². The van der Waals surface area contributed by atoms with Gasteiger partial charge in [0.2, 0.25) is 0 Å². The molecule has 10 heteroatoms. The van der Waals surface area contributed by atoms with Crippen molar-refractivity contribution in [2.24, 2.45) is 0 Å². The largest absolute Gasteiger partial charge is 0.468 e. The molecule has 0 radical (unpaired) electrons. The van der Waals surface area contributed by atoms with Gasteiger partial charge in [0, 0.05) is 0 Å². The van der Waals surface area contributed by atoms with Gasteiger partial charge in [-0.3, -0.25) is 4.79 Å². The van der Waals surface area contributed by atoms with E-state index in [1.807, 2.05) is 6.07 Å². The lowest BCUT2D eigenvalue weighted by Gasteiger charge is -2.13. The minimum Gasteiger partial charge on any atom is -0.468 e. The number of hydrogen-bond acceptors (Lipinski definition) is 5. The zero-order valence-corrected chi connectivity index (χ0v) is 12.9. The fourth-order valence-corrected chi connectivity index (χ4v) is 2.13. The molecule has 0 bridgehead atoms. The molecule has 0 aliphatic carbocycles. The number of carbonyl (C=O) groups is 1. The zero-order valence-electron chi connectivity index (χ0n) is 12.2. The molecular formula is C14H10ClF3N4O2. The van der Waals surface area contributed by atoms with Crippen molar-refractivity contribution in [2.45, 2.75) is 6.18 Å². The van der Waals surface area contributed by atoms with Crippen LogP contribution in [-0.2, 0) is 15.7 Å². The molecular weight excluding hydrogens is 349 g/mol. The van der Waals surface area contributed by atoms with Gasteiger partial charge in [0.25, 0.3) is 0 Å². The first-order valence-corrected chi connectivity index (χ1v) is 6.81. The molecule has 0 amide bonds. The minimum absolute atomic E-state index is 0.0925. The highest BCUT2D eigenvalue weighted by Crippen LogP contribution is 2.34. The summed E-state index contributed by atoms with van der Waals surface area (Å²) in [5.74, 6) is -0.477. The van der Waals surface area contributed by atoms with Gasteiger partial charge in [0.15, 0.2) is 0 Å². The maximum atomic E-state index is 12.7. The van der Waals surface area contributed by atoms with E-state index in [4.69, 9.17) is 16.9 Å². The number of nitrogens with one attached hydrogen (secondary N) is 1. The third kappa shape index (κ3) is 3.60. The van der Waals surface area contributed by atoms with Crippen LogP contribution in [0.5, 0.6) is 0 Å². The fourth-order valence-electron chi connectivity index (χ4n) is 1.87. The van der Waals surface area contributed by atoms with Crippen molar-refractivity contribution < 1.29 is 22.7 Å². The Bertz CT molecular complexity index is 811. The van der Waals surface area contributed by atoms with E-state index < -0.39 is 17.7 Å². The molecule has 1 heterocycles. The number of nitrogens with zero attached hydrogens (tertiary/aromatic N) is 3. The van der Waals surface area contributed by atoms with Crippen LogP contribution in [0, 0.1) is 11.3 Å². The second kappa shape index (κ2) is 6.80. The normalized spacial score (nSPS) is 11.0. The number of hydrogen-bond donors (Lipinski definition) is 1. The van der Waals surface area contributed by atoms with Crippen LogP contribution in [0.25, 0.3) is 5.69 Å². The van der Waals surface area contributed by atoms with Gasteiger partial charge < -0.3 is 10.1 Å². The molecule has 1 N–H and O–H groups in total. The highest BCUT2D eigenvalue weighted by Gasteiger charge is 2.31. The van der Waals surface area contributed by atoms with Crippen molar-refractivity contribution in [3.05, 3.63) is 40.5 Å². The molecule has 0 fully saturated rings. The molecule has 0 saturated carbocycles. The second-order valence-corrected chi connectivity index (χ2v) is 4.93. The summed E-state index contributed by atoms with van der Waals surface area (Å²) in [4.78, 5) is 11.2. The van der Waals surface area contributed by atoms with Crippen molar-refractivity contribution in [3.8, 4) is 11.8 Å². The Morgan fingerprint density at radius 2 is 2.21 bits per heavy atom. The van der Waals surface area contributed by atoms with E-state index in [9.17, 15) is 18.0 Å². The molecule has 0 aliphatic rings. The number of rotatable bonds is 4. The minimum atomic E-state index is -4.53. The molecule has 0 aliphatic heterocycles. The lowest BCUT2D eigenvalue weighted by atomic mass is 10.2. The quantitative estimate of drug-likeness (QED) is 0.850. The topological polar surface area (TPSA) is 79.9 Å². The summed E-state index contributed by atoms with van der Waals surface area (Å²) in [6.07, 6.45) is -3.33. The standard InChI is InChI=1S/C14H10ClF3N4O2/c1-24-12(23)7-20-13-8(5-19)6-21-22(13)11-3-2-9(4-10(11)15)14(16,17)18/h2-4,6,20H,7H2,1H3. The fraction of sp³-hybridized carbons (Fsp3) is 0.214. The highest BCUT2D eigenvalue weighted by molar-refractivity contribution is 6.32. The summed E-state index contributed by atoms with van der Waals surface area (Å²) in [5.41, 5.74) is -0.693. The number of anilines is 1. The van der Waals surface area contributed by atoms with Gasteiger partial charge in [-0.25, -0.2) is 4.68 Å². The molecule has 1 aromatic heterocycles. The zero-order chi connectivity index (χ0) is 17.9. The van der Waals surface area contributed by atoms with Gasteiger partial charge in [0.05, 0.1) is 29.6 Å². The second-order valence-electron chi connectivity index (χ2n) is 4.52. The van der Waals surface area contributed by atoms with E-state index in [1.165, 1.54) is 13.3 Å². The molecule has 1 aromatic carbocycles.